The van der Waals surface area contributed by atoms with Crippen LogP contribution >= 0.6 is 27.3 Å². The molecule has 4 heteroatoms. The van der Waals surface area contributed by atoms with Crippen LogP contribution in [0.4, 0.5) is 0 Å². The van der Waals surface area contributed by atoms with Gasteiger partial charge in [0.1, 0.15) is 0 Å². The Hall–Kier alpha value is -0.680. The third kappa shape index (κ3) is 4.21. The smallest absolute Gasteiger partial charge is 0.0713 e. The van der Waals surface area contributed by atoms with E-state index in [1.54, 1.807) is 18.4 Å². The fourth-order valence-corrected chi connectivity index (χ4v) is 2.99. The first-order valence-electron chi connectivity index (χ1n) is 5.78. The molecule has 96 valence electrons. The van der Waals surface area contributed by atoms with Gasteiger partial charge in [-0.3, -0.25) is 0 Å². The molecule has 2 rings (SSSR count). The van der Waals surface area contributed by atoms with Crippen LogP contribution in [0.1, 0.15) is 16.7 Å². The van der Waals surface area contributed by atoms with Gasteiger partial charge in [-0.05, 0) is 44.1 Å². The lowest BCUT2D eigenvalue weighted by Crippen LogP contribution is -2.12. The zero-order chi connectivity index (χ0) is 12.8. The number of hydrogen-bond acceptors (Lipinski definition) is 3. The number of rotatable bonds is 6. The lowest BCUT2D eigenvalue weighted by Gasteiger charge is -2.06. The summed E-state index contributed by atoms with van der Waals surface area (Å²) in [5.41, 5.74) is 3.83. The highest BCUT2D eigenvalue weighted by atomic mass is 79.9. The molecule has 0 spiro atoms. The molecular weight excluding hydrogens is 310 g/mol. The molecule has 0 unspecified atom stereocenters. The Bertz CT molecular complexity index is 498. The summed E-state index contributed by atoms with van der Waals surface area (Å²) in [6.07, 6.45) is 0. The van der Waals surface area contributed by atoms with Crippen LogP contribution in [0.15, 0.2) is 39.5 Å². The quantitative estimate of drug-likeness (QED) is 0.868. The maximum absolute atomic E-state index is 5.14. The predicted octanol–water partition coefficient (Wildman–Crippen LogP) is 3.95. The molecule has 1 N–H and O–H groups in total. The van der Waals surface area contributed by atoms with Gasteiger partial charge in [-0.15, -0.1) is 11.3 Å². The van der Waals surface area contributed by atoms with E-state index in [4.69, 9.17) is 4.74 Å². The van der Waals surface area contributed by atoms with Crippen molar-refractivity contribution >= 4 is 27.3 Å². The van der Waals surface area contributed by atoms with Crippen LogP contribution in [0.25, 0.3) is 0 Å². The summed E-state index contributed by atoms with van der Waals surface area (Å²) in [6.45, 7) is 2.45. The van der Waals surface area contributed by atoms with Crippen molar-refractivity contribution in [2.45, 2.75) is 19.7 Å². The zero-order valence-electron chi connectivity index (χ0n) is 10.3. The lowest BCUT2D eigenvalue weighted by molar-refractivity contribution is 0.185. The molecule has 0 aliphatic rings. The van der Waals surface area contributed by atoms with Gasteiger partial charge < -0.3 is 10.1 Å². The Balaban J connectivity index is 1.84. The molecule has 0 fully saturated rings. The zero-order valence-corrected chi connectivity index (χ0v) is 12.7. The summed E-state index contributed by atoms with van der Waals surface area (Å²) < 4.78 is 6.32. The molecule has 2 nitrogen and oxygen atoms in total. The van der Waals surface area contributed by atoms with Crippen molar-refractivity contribution in [3.05, 3.63) is 56.2 Å². The molecule has 18 heavy (non-hydrogen) atoms. The van der Waals surface area contributed by atoms with Gasteiger partial charge in [-0.2, -0.15) is 0 Å². The first-order valence-corrected chi connectivity index (χ1v) is 7.45. The minimum absolute atomic E-state index is 0.672. The van der Waals surface area contributed by atoms with Crippen LogP contribution in [0.3, 0.4) is 0 Å². The number of methoxy groups -OCH3 is 1. The van der Waals surface area contributed by atoms with Crippen molar-refractivity contribution in [1.82, 2.24) is 5.32 Å². The molecule has 0 aliphatic heterocycles. The van der Waals surface area contributed by atoms with Crippen molar-refractivity contribution in [2.24, 2.45) is 0 Å². The average molecular weight is 326 g/mol. The van der Waals surface area contributed by atoms with Crippen LogP contribution in [0.5, 0.6) is 0 Å². The number of ether oxygens (including phenoxy) is 1. The van der Waals surface area contributed by atoms with Crippen LogP contribution in [0.2, 0.25) is 0 Å². The number of benzene rings is 1. The highest BCUT2D eigenvalue weighted by Crippen LogP contribution is 2.20. The molecule has 2 aromatic rings. The SMILES string of the molecule is COCc1cccc(CNCc2csc(Br)c2)c1. The highest BCUT2D eigenvalue weighted by Gasteiger charge is 1.98. The molecule has 0 atom stereocenters. The Kier molecular flexibility index (Phi) is 5.38. The maximum atomic E-state index is 5.14. The normalized spacial score (nSPS) is 10.8. The van der Waals surface area contributed by atoms with E-state index in [1.165, 1.54) is 20.5 Å². The predicted molar refractivity (Wildman–Crippen MR) is 79.7 cm³/mol. The molecule has 0 radical (unpaired) electrons. The fourth-order valence-electron chi connectivity index (χ4n) is 1.79. The van der Waals surface area contributed by atoms with Crippen LogP contribution < -0.4 is 5.32 Å². The van der Waals surface area contributed by atoms with Crippen molar-refractivity contribution < 1.29 is 4.74 Å². The summed E-state index contributed by atoms with van der Waals surface area (Å²) in [4.78, 5) is 0. The van der Waals surface area contributed by atoms with Gasteiger partial charge in [-0.1, -0.05) is 24.3 Å². The van der Waals surface area contributed by atoms with Crippen molar-refractivity contribution in [3.63, 3.8) is 0 Å². The number of thiophene rings is 1. The molecule has 0 bridgehead atoms. The molecule has 1 heterocycles. The lowest BCUT2D eigenvalue weighted by atomic mass is 10.1. The minimum Gasteiger partial charge on any atom is -0.380 e. The third-order valence-corrected chi connectivity index (χ3v) is 4.14. The second-order valence-corrected chi connectivity index (χ2v) is 6.41. The Morgan fingerprint density at radius 1 is 1.17 bits per heavy atom. The third-order valence-electron chi connectivity index (χ3n) is 2.58. The largest absolute Gasteiger partial charge is 0.380 e. The molecule has 1 aromatic carbocycles. The number of halogens is 1. The average Bonchev–Trinajstić information content (AvgIpc) is 2.76. The maximum Gasteiger partial charge on any atom is 0.0713 e. The summed E-state index contributed by atoms with van der Waals surface area (Å²) >= 11 is 5.19. The second-order valence-electron chi connectivity index (χ2n) is 4.12. The van der Waals surface area contributed by atoms with Gasteiger partial charge in [0.15, 0.2) is 0 Å². The van der Waals surface area contributed by atoms with E-state index in [0.717, 1.165) is 13.1 Å². The fraction of sp³-hybridized carbons (Fsp3) is 0.286. The monoisotopic (exact) mass is 325 g/mol. The van der Waals surface area contributed by atoms with E-state index in [9.17, 15) is 0 Å². The Morgan fingerprint density at radius 2 is 1.94 bits per heavy atom. The molecule has 0 saturated heterocycles. The van der Waals surface area contributed by atoms with Crippen LogP contribution in [0, 0.1) is 0 Å². The van der Waals surface area contributed by atoms with E-state index >= 15 is 0 Å². The molecule has 1 aromatic heterocycles. The first kappa shape index (κ1) is 13.7. The van der Waals surface area contributed by atoms with E-state index in [1.807, 2.05) is 0 Å². The molecule has 0 saturated carbocycles. The van der Waals surface area contributed by atoms with Crippen LogP contribution in [-0.2, 0) is 24.4 Å². The van der Waals surface area contributed by atoms with Crippen molar-refractivity contribution in [3.8, 4) is 0 Å². The topological polar surface area (TPSA) is 21.3 Å². The minimum atomic E-state index is 0.672. The summed E-state index contributed by atoms with van der Waals surface area (Å²) in [7, 11) is 1.72. The van der Waals surface area contributed by atoms with Gasteiger partial charge in [0.25, 0.3) is 0 Å². The van der Waals surface area contributed by atoms with Gasteiger partial charge in [0.2, 0.25) is 0 Å². The van der Waals surface area contributed by atoms with Gasteiger partial charge in [0.05, 0.1) is 10.4 Å². The van der Waals surface area contributed by atoms with Gasteiger partial charge >= 0.3 is 0 Å². The van der Waals surface area contributed by atoms with E-state index < -0.39 is 0 Å². The Morgan fingerprint density at radius 3 is 2.67 bits per heavy atom. The standard InChI is InChI=1S/C14H16BrNOS/c1-17-9-12-4-2-3-11(5-12)7-16-8-13-6-14(15)18-10-13/h2-6,10,16H,7-9H2,1H3. The van der Waals surface area contributed by atoms with Gasteiger partial charge in [0, 0.05) is 20.2 Å². The first-order chi connectivity index (χ1) is 8.78. The second kappa shape index (κ2) is 7.04. The summed E-state index contributed by atoms with van der Waals surface area (Å²) in [5.74, 6) is 0. The van der Waals surface area contributed by atoms with Crippen molar-refractivity contribution in [1.29, 1.82) is 0 Å². The van der Waals surface area contributed by atoms with E-state index in [-0.39, 0.29) is 0 Å². The molecule has 0 amide bonds. The highest BCUT2D eigenvalue weighted by molar-refractivity contribution is 9.11. The molecular formula is C14H16BrNOS. The molecule has 0 aliphatic carbocycles. The van der Waals surface area contributed by atoms with E-state index in [0.29, 0.717) is 6.61 Å². The summed E-state index contributed by atoms with van der Waals surface area (Å²) in [5, 5.41) is 5.61. The number of hydrogen-bond donors (Lipinski definition) is 1. The van der Waals surface area contributed by atoms with Crippen LogP contribution in [-0.4, -0.2) is 7.11 Å². The van der Waals surface area contributed by atoms with E-state index in [2.05, 4.69) is 57.0 Å². The Labute approximate surface area is 120 Å². The summed E-state index contributed by atoms with van der Waals surface area (Å²) in [6, 6.07) is 10.6. The van der Waals surface area contributed by atoms with Crippen molar-refractivity contribution in [2.75, 3.05) is 7.11 Å². The number of nitrogens with one attached hydrogen (secondary N) is 1. The van der Waals surface area contributed by atoms with Gasteiger partial charge in [-0.25, -0.2) is 0 Å².